The van der Waals surface area contributed by atoms with E-state index >= 15 is 0 Å². The number of hydrogen-bond acceptors (Lipinski definition) is 3. The van der Waals surface area contributed by atoms with Gasteiger partial charge < -0.3 is 10.5 Å². The van der Waals surface area contributed by atoms with E-state index in [1.165, 1.54) is 0 Å². The van der Waals surface area contributed by atoms with Crippen LogP contribution in [0.4, 0.5) is 5.69 Å². The molecule has 0 saturated carbocycles. The van der Waals surface area contributed by atoms with Crippen molar-refractivity contribution in [2.75, 3.05) is 5.73 Å². The molecule has 0 aliphatic carbocycles. The molecule has 0 unspecified atom stereocenters. The third-order valence-electron chi connectivity index (χ3n) is 3.09. The van der Waals surface area contributed by atoms with Crippen LogP contribution in [-0.2, 0) is 6.61 Å². The fourth-order valence-electron chi connectivity index (χ4n) is 2.01. The lowest BCUT2D eigenvalue weighted by atomic mass is 10.1. The molecule has 2 N–H and O–H groups in total. The van der Waals surface area contributed by atoms with E-state index in [1.54, 1.807) is 18.2 Å². The van der Waals surface area contributed by atoms with Crippen LogP contribution in [0.1, 0.15) is 35.7 Å². The van der Waals surface area contributed by atoms with Crippen molar-refractivity contribution in [2.24, 2.45) is 0 Å². The maximum absolute atomic E-state index is 11.8. The predicted molar refractivity (Wildman–Crippen MR) is 85.9 cm³/mol. The number of ether oxygens (including phenoxy) is 1. The molecule has 4 heteroatoms. The van der Waals surface area contributed by atoms with Crippen molar-refractivity contribution in [1.82, 2.24) is 0 Å². The lowest BCUT2D eigenvalue weighted by molar-refractivity contribution is 0.0981. The zero-order chi connectivity index (χ0) is 15.2. The Morgan fingerprint density at radius 1 is 1.24 bits per heavy atom. The van der Waals surface area contributed by atoms with Crippen molar-refractivity contribution >= 4 is 23.1 Å². The van der Waals surface area contributed by atoms with Crippen LogP contribution in [0.25, 0.3) is 0 Å². The highest BCUT2D eigenvalue weighted by Crippen LogP contribution is 2.24. The highest BCUT2D eigenvalue weighted by molar-refractivity contribution is 6.30. The van der Waals surface area contributed by atoms with Gasteiger partial charge in [-0.3, -0.25) is 4.79 Å². The van der Waals surface area contributed by atoms with Crippen LogP contribution in [0.2, 0.25) is 5.02 Å². The summed E-state index contributed by atoms with van der Waals surface area (Å²) in [7, 11) is 0. The summed E-state index contributed by atoms with van der Waals surface area (Å²) in [4.78, 5) is 11.8. The predicted octanol–water partition coefficient (Wildman–Crippen LogP) is 4.48. The van der Waals surface area contributed by atoms with Crippen LogP contribution >= 0.6 is 11.6 Å². The fraction of sp³-hybridized carbons (Fsp3) is 0.235. The summed E-state index contributed by atoms with van der Waals surface area (Å²) in [6.07, 6.45) is 1.36. The summed E-state index contributed by atoms with van der Waals surface area (Å²) in [6, 6.07) is 12.6. The van der Waals surface area contributed by atoms with E-state index in [4.69, 9.17) is 22.1 Å². The average molecular weight is 304 g/mol. The average Bonchev–Trinajstić information content (AvgIpc) is 2.46. The summed E-state index contributed by atoms with van der Waals surface area (Å²) in [6.45, 7) is 2.36. The minimum atomic E-state index is 0.102. The molecule has 3 nitrogen and oxygen atoms in total. The molecule has 2 aromatic carbocycles. The van der Waals surface area contributed by atoms with Crippen molar-refractivity contribution in [1.29, 1.82) is 0 Å². The van der Waals surface area contributed by atoms with Gasteiger partial charge in [-0.1, -0.05) is 30.7 Å². The SMILES string of the molecule is CCCC(=O)c1ccc(OCc2cccc(Cl)c2)c(N)c1. The van der Waals surface area contributed by atoms with Crippen molar-refractivity contribution in [2.45, 2.75) is 26.4 Å². The van der Waals surface area contributed by atoms with Crippen LogP contribution in [0.3, 0.4) is 0 Å². The molecule has 0 spiro atoms. The van der Waals surface area contributed by atoms with Gasteiger partial charge >= 0.3 is 0 Å². The van der Waals surface area contributed by atoms with E-state index in [1.807, 2.05) is 31.2 Å². The molecule has 21 heavy (non-hydrogen) atoms. The van der Waals surface area contributed by atoms with Crippen LogP contribution in [0.15, 0.2) is 42.5 Å². The number of halogens is 1. The number of ketones is 1. The maximum atomic E-state index is 11.8. The van der Waals surface area contributed by atoms with E-state index in [9.17, 15) is 4.79 Å². The van der Waals surface area contributed by atoms with E-state index in [2.05, 4.69) is 0 Å². The first kappa shape index (κ1) is 15.4. The molecule has 0 aromatic heterocycles. The summed E-state index contributed by atoms with van der Waals surface area (Å²) in [5.41, 5.74) is 8.01. The van der Waals surface area contributed by atoms with Crippen molar-refractivity contribution in [3.8, 4) is 5.75 Å². The van der Waals surface area contributed by atoms with Gasteiger partial charge in [-0.15, -0.1) is 0 Å². The van der Waals surface area contributed by atoms with Crippen molar-refractivity contribution < 1.29 is 9.53 Å². The molecular weight excluding hydrogens is 286 g/mol. The lowest BCUT2D eigenvalue weighted by Gasteiger charge is -2.10. The van der Waals surface area contributed by atoms with Crippen LogP contribution in [0, 0.1) is 0 Å². The van der Waals surface area contributed by atoms with Gasteiger partial charge in [0.25, 0.3) is 0 Å². The van der Waals surface area contributed by atoms with Gasteiger partial charge in [-0.2, -0.15) is 0 Å². The lowest BCUT2D eigenvalue weighted by Crippen LogP contribution is -2.02. The number of carbonyl (C=O) groups excluding carboxylic acids is 1. The molecule has 0 saturated heterocycles. The molecule has 0 bridgehead atoms. The molecule has 0 aliphatic rings. The Bertz CT molecular complexity index is 640. The van der Waals surface area contributed by atoms with Crippen molar-refractivity contribution in [3.05, 3.63) is 58.6 Å². The van der Waals surface area contributed by atoms with E-state index in [0.29, 0.717) is 35.1 Å². The Balaban J connectivity index is 2.06. The number of carbonyl (C=O) groups is 1. The molecule has 2 rings (SSSR count). The first-order valence-corrected chi connectivity index (χ1v) is 7.28. The maximum Gasteiger partial charge on any atom is 0.162 e. The molecule has 0 amide bonds. The Morgan fingerprint density at radius 2 is 2.05 bits per heavy atom. The second-order valence-electron chi connectivity index (χ2n) is 4.84. The molecule has 0 aliphatic heterocycles. The molecule has 2 aromatic rings. The van der Waals surface area contributed by atoms with Gasteiger partial charge in [-0.25, -0.2) is 0 Å². The monoisotopic (exact) mass is 303 g/mol. The first-order valence-electron chi connectivity index (χ1n) is 6.90. The summed E-state index contributed by atoms with van der Waals surface area (Å²) >= 11 is 5.93. The number of hydrogen-bond donors (Lipinski definition) is 1. The first-order chi connectivity index (χ1) is 10.1. The van der Waals surface area contributed by atoms with E-state index in [0.717, 1.165) is 12.0 Å². The molecule has 0 atom stereocenters. The number of Topliss-reactive ketones (excluding diaryl/α,β-unsaturated/α-hetero) is 1. The Morgan fingerprint density at radius 3 is 2.71 bits per heavy atom. The summed E-state index contributed by atoms with van der Waals surface area (Å²) in [5, 5.41) is 0.671. The number of rotatable bonds is 6. The Kier molecular flexibility index (Phi) is 5.23. The summed E-state index contributed by atoms with van der Waals surface area (Å²) in [5.74, 6) is 0.675. The zero-order valence-electron chi connectivity index (χ0n) is 11.9. The standard InChI is InChI=1S/C17H18ClNO2/c1-2-4-16(20)13-7-8-17(15(19)10-13)21-11-12-5-3-6-14(18)9-12/h3,5-10H,2,4,11,19H2,1H3. The van der Waals surface area contributed by atoms with Gasteiger partial charge in [0.15, 0.2) is 5.78 Å². The highest BCUT2D eigenvalue weighted by Gasteiger charge is 2.08. The summed E-state index contributed by atoms with van der Waals surface area (Å²) < 4.78 is 5.68. The number of benzene rings is 2. The second kappa shape index (κ2) is 7.14. The van der Waals surface area contributed by atoms with Crippen LogP contribution < -0.4 is 10.5 Å². The van der Waals surface area contributed by atoms with E-state index < -0.39 is 0 Å². The second-order valence-corrected chi connectivity index (χ2v) is 5.28. The van der Waals surface area contributed by atoms with Gasteiger partial charge in [0.05, 0.1) is 5.69 Å². The minimum Gasteiger partial charge on any atom is -0.487 e. The molecular formula is C17H18ClNO2. The Labute approximate surface area is 129 Å². The quantitative estimate of drug-likeness (QED) is 0.632. The number of nitrogens with two attached hydrogens (primary N) is 1. The van der Waals surface area contributed by atoms with Gasteiger partial charge in [-0.05, 0) is 42.3 Å². The molecule has 0 fully saturated rings. The molecule has 0 heterocycles. The fourth-order valence-corrected chi connectivity index (χ4v) is 2.23. The Hall–Kier alpha value is -2.00. The zero-order valence-corrected chi connectivity index (χ0v) is 12.7. The van der Waals surface area contributed by atoms with E-state index in [-0.39, 0.29) is 5.78 Å². The van der Waals surface area contributed by atoms with Gasteiger partial charge in [0.2, 0.25) is 0 Å². The van der Waals surface area contributed by atoms with Crippen molar-refractivity contribution in [3.63, 3.8) is 0 Å². The normalized spacial score (nSPS) is 10.4. The topological polar surface area (TPSA) is 52.3 Å². The van der Waals surface area contributed by atoms with Gasteiger partial charge in [0, 0.05) is 17.0 Å². The van der Waals surface area contributed by atoms with Crippen LogP contribution in [0.5, 0.6) is 5.75 Å². The van der Waals surface area contributed by atoms with Crippen LogP contribution in [-0.4, -0.2) is 5.78 Å². The smallest absolute Gasteiger partial charge is 0.162 e. The number of nitrogen functional groups attached to an aromatic ring is 1. The molecule has 0 radical (unpaired) electrons. The third-order valence-corrected chi connectivity index (χ3v) is 3.33. The highest BCUT2D eigenvalue weighted by atomic mass is 35.5. The third kappa shape index (κ3) is 4.23. The molecule has 110 valence electrons. The van der Waals surface area contributed by atoms with Gasteiger partial charge in [0.1, 0.15) is 12.4 Å². The largest absolute Gasteiger partial charge is 0.487 e. The minimum absolute atomic E-state index is 0.102. The number of anilines is 1.